The lowest BCUT2D eigenvalue weighted by molar-refractivity contribution is -0.117. The van der Waals surface area contributed by atoms with Crippen molar-refractivity contribution in [1.82, 2.24) is 19.8 Å². The third-order valence-electron chi connectivity index (χ3n) is 4.77. The molecule has 30 heavy (non-hydrogen) atoms. The number of rotatable bonds is 6. The number of alkyl halides is 1. The van der Waals surface area contributed by atoms with E-state index in [0.29, 0.717) is 23.3 Å². The number of allylic oxidation sites excluding steroid dienone is 3. The minimum Gasteiger partial charge on any atom is -0.472 e. The van der Waals surface area contributed by atoms with E-state index in [9.17, 15) is 4.79 Å². The van der Waals surface area contributed by atoms with Crippen molar-refractivity contribution >= 4 is 34.9 Å². The smallest absolute Gasteiger partial charge is 0.239 e. The number of carbonyl (C=O) groups excluding carboxylic acids is 1. The molecule has 0 radical (unpaired) electrons. The quantitative estimate of drug-likeness (QED) is 0.661. The molecule has 9 heteroatoms. The summed E-state index contributed by atoms with van der Waals surface area (Å²) in [5.41, 5.74) is 0.837. The number of hydrogen-bond acceptors (Lipinski definition) is 6. The number of piperazine rings is 1. The van der Waals surface area contributed by atoms with E-state index in [1.807, 2.05) is 26.0 Å². The topological polar surface area (TPSA) is 70.6 Å². The predicted octanol–water partition coefficient (Wildman–Crippen LogP) is 3.52. The van der Waals surface area contributed by atoms with Crippen molar-refractivity contribution in [3.05, 3.63) is 35.2 Å². The number of nitrogens with zero attached hydrogens (tertiary/aromatic N) is 4. The Morgan fingerprint density at radius 1 is 1.23 bits per heavy atom. The Kier molecular flexibility index (Phi) is 10.6. The Bertz CT molecular complexity index is 731. The van der Waals surface area contributed by atoms with Crippen LogP contribution in [-0.2, 0) is 4.79 Å². The molecule has 2 aliphatic rings. The molecule has 0 saturated carbocycles. The van der Waals surface area contributed by atoms with E-state index in [0.717, 1.165) is 44.6 Å². The van der Waals surface area contributed by atoms with Crippen molar-refractivity contribution in [1.29, 1.82) is 0 Å². The fraction of sp³-hybridized carbons (Fsp3) is 0.571. The number of halogens is 2. The maximum atomic E-state index is 12.2. The van der Waals surface area contributed by atoms with Gasteiger partial charge in [-0.3, -0.25) is 9.69 Å². The normalized spacial score (nSPS) is 20.2. The number of ether oxygens (including phenoxy) is 1. The van der Waals surface area contributed by atoms with Crippen LogP contribution >= 0.6 is 23.2 Å². The molecule has 1 fully saturated rings. The summed E-state index contributed by atoms with van der Waals surface area (Å²) in [7, 11) is 2.08. The van der Waals surface area contributed by atoms with Crippen molar-refractivity contribution < 1.29 is 9.53 Å². The second-order valence-electron chi connectivity index (χ2n) is 6.98. The standard InChI is InChI=1S/C19H25Cl2N5O2.C2H6/c1-25-6-8-26(9-7-25)12-18(27)24-17-10-23-19(11-22-17)28-13-14-15(20)4-2-3-5-16(14)21;1-2/h2,4,10-11,16H,3,5-9,12-13H2,1H3,(H,22,24,27);1-2H3. The van der Waals surface area contributed by atoms with E-state index in [1.165, 1.54) is 12.4 Å². The van der Waals surface area contributed by atoms with Crippen LogP contribution in [-0.4, -0.2) is 77.4 Å². The Hall–Kier alpha value is -1.67. The fourth-order valence-corrected chi connectivity index (χ4v) is 3.66. The van der Waals surface area contributed by atoms with Crippen LogP contribution in [0.1, 0.15) is 26.7 Å². The second-order valence-corrected chi connectivity index (χ2v) is 7.91. The van der Waals surface area contributed by atoms with Crippen molar-refractivity contribution in [2.24, 2.45) is 0 Å². The number of likely N-dealkylation sites (N-methyl/N-ethyl adjacent to an activating group) is 1. The summed E-state index contributed by atoms with van der Waals surface area (Å²) in [5, 5.41) is 3.22. The molecule has 166 valence electrons. The van der Waals surface area contributed by atoms with Crippen molar-refractivity contribution in [2.75, 3.05) is 51.7 Å². The maximum absolute atomic E-state index is 12.2. The second kappa shape index (κ2) is 12.9. The van der Waals surface area contributed by atoms with Gasteiger partial charge in [0.05, 0.1) is 24.3 Å². The lowest BCUT2D eigenvalue weighted by Crippen LogP contribution is -2.47. The highest BCUT2D eigenvalue weighted by atomic mass is 35.5. The minimum atomic E-state index is -0.163. The van der Waals surface area contributed by atoms with E-state index in [2.05, 4.69) is 32.1 Å². The number of nitrogens with one attached hydrogen (secondary N) is 1. The Morgan fingerprint density at radius 2 is 1.97 bits per heavy atom. The first-order valence-corrected chi connectivity index (χ1v) is 11.2. The predicted molar refractivity (Wildman–Crippen MR) is 122 cm³/mol. The monoisotopic (exact) mass is 455 g/mol. The summed E-state index contributed by atoms with van der Waals surface area (Å²) in [6.07, 6.45) is 8.53. The molecule has 2 heterocycles. The van der Waals surface area contributed by atoms with Crippen molar-refractivity contribution in [2.45, 2.75) is 32.1 Å². The Balaban J connectivity index is 0.00000155. The lowest BCUT2D eigenvalue weighted by Gasteiger charge is -2.31. The van der Waals surface area contributed by atoms with Crippen LogP contribution in [0.5, 0.6) is 5.88 Å². The highest BCUT2D eigenvalue weighted by Crippen LogP contribution is 2.26. The van der Waals surface area contributed by atoms with Gasteiger partial charge in [0.1, 0.15) is 6.61 Å². The Morgan fingerprint density at radius 3 is 2.63 bits per heavy atom. The molecule has 1 atom stereocenters. The molecule has 7 nitrogen and oxygen atoms in total. The van der Waals surface area contributed by atoms with Crippen LogP contribution in [0.4, 0.5) is 5.82 Å². The molecule has 3 rings (SSSR count). The summed E-state index contributed by atoms with van der Waals surface area (Å²) in [6, 6.07) is 0. The summed E-state index contributed by atoms with van der Waals surface area (Å²) in [5.74, 6) is 0.655. The third kappa shape index (κ3) is 7.87. The van der Waals surface area contributed by atoms with Crippen LogP contribution in [0.3, 0.4) is 0 Å². The maximum Gasteiger partial charge on any atom is 0.239 e. The molecule has 1 aliphatic carbocycles. The van der Waals surface area contributed by atoms with Crippen molar-refractivity contribution in [3.8, 4) is 5.88 Å². The number of amides is 1. The summed E-state index contributed by atoms with van der Waals surface area (Å²) < 4.78 is 5.67. The van der Waals surface area contributed by atoms with Gasteiger partial charge in [-0.2, -0.15) is 0 Å². The Labute approximate surface area is 189 Å². The zero-order chi connectivity index (χ0) is 21.9. The number of anilines is 1. The van der Waals surface area contributed by atoms with Crippen LogP contribution in [0, 0.1) is 0 Å². The number of aromatic nitrogens is 2. The van der Waals surface area contributed by atoms with Crippen LogP contribution < -0.4 is 10.1 Å². The summed E-state index contributed by atoms with van der Waals surface area (Å²) >= 11 is 12.6. The zero-order valence-corrected chi connectivity index (χ0v) is 19.4. The first-order chi connectivity index (χ1) is 14.5. The van der Waals surface area contributed by atoms with Gasteiger partial charge in [-0.05, 0) is 26.0 Å². The van der Waals surface area contributed by atoms with Gasteiger partial charge < -0.3 is 15.0 Å². The van der Waals surface area contributed by atoms with Gasteiger partial charge in [-0.25, -0.2) is 9.97 Å². The van der Waals surface area contributed by atoms with Gasteiger partial charge in [0, 0.05) is 36.8 Å². The van der Waals surface area contributed by atoms with Gasteiger partial charge in [0.2, 0.25) is 11.8 Å². The van der Waals surface area contributed by atoms with Gasteiger partial charge in [0.25, 0.3) is 0 Å². The largest absolute Gasteiger partial charge is 0.472 e. The molecule has 1 N–H and O–H groups in total. The molecule has 1 aliphatic heterocycles. The van der Waals surface area contributed by atoms with Gasteiger partial charge in [-0.1, -0.05) is 31.5 Å². The van der Waals surface area contributed by atoms with Gasteiger partial charge in [0.15, 0.2) is 5.82 Å². The minimum absolute atomic E-state index is 0.0975. The highest BCUT2D eigenvalue weighted by molar-refractivity contribution is 6.33. The van der Waals surface area contributed by atoms with E-state index in [-0.39, 0.29) is 17.9 Å². The molecule has 0 bridgehead atoms. The molecular weight excluding hydrogens is 425 g/mol. The van der Waals surface area contributed by atoms with Gasteiger partial charge in [-0.15, -0.1) is 11.6 Å². The average Bonchev–Trinajstić information content (AvgIpc) is 2.91. The van der Waals surface area contributed by atoms with Crippen LogP contribution in [0.25, 0.3) is 0 Å². The number of carbonyl (C=O) groups is 1. The fourth-order valence-electron chi connectivity index (χ4n) is 3.02. The molecule has 1 aromatic heterocycles. The summed E-state index contributed by atoms with van der Waals surface area (Å²) in [4.78, 5) is 25.0. The molecule has 0 aromatic carbocycles. The van der Waals surface area contributed by atoms with E-state index in [1.54, 1.807) is 0 Å². The molecule has 1 aromatic rings. The first kappa shape index (κ1) is 24.6. The summed E-state index contributed by atoms with van der Waals surface area (Å²) in [6.45, 7) is 8.32. The molecule has 1 unspecified atom stereocenters. The molecule has 0 spiro atoms. The highest BCUT2D eigenvalue weighted by Gasteiger charge is 2.18. The van der Waals surface area contributed by atoms with E-state index >= 15 is 0 Å². The van der Waals surface area contributed by atoms with Gasteiger partial charge >= 0.3 is 0 Å². The van der Waals surface area contributed by atoms with Crippen molar-refractivity contribution in [3.63, 3.8) is 0 Å². The average molecular weight is 456 g/mol. The number of hydrogen-bond donors (Lipinski definition) is 1. The zero-order valence-electron chi connectivity index (χ0n) is 17.9. The van der Waals surface area contributed by atoms with Crippen LogP contribution in [0.2, 0.25) is 0 Å². The van der Waals surface area contributed by atoms with E-state index < -0.39 is 0 Å². The lowest BCUT2D eigenvalue weighted by atomic mass is 10.1. The SMILES string of the molecule is CC.CN1CCN(CC(=O)Nc2cnc(OCC3=C(Cl)C=CCCC3Cl)cn2)CC1. The molecular formula is C21H31Cl2N5O2. The molecule has 1 saturated heterocycles. The van der Waals surface area contributed by atoms with Crippen LogP contribution in [0.15, 0.2) is 35.2 Å². The third-order valence-corrected chi connectivity index (χ3v) is 5.62. The van der Waals surface area contributed by atoms with E-state index in [4.69, 9.17) is 27.9 Å². The first-order valence-electron chi connectivity index (χ1n) is 10.4. The molecule has 1 amide bonds.